The molecule has 0 aliphatic heterocycles. The molecule has 0 aliphatic rings. The van der Waals surface area contributed by atoms with Gasteiger partial charge >= 0.3 is 0 Å². The van der Waals surface area contributed by atoms with Crippen molar-refractivity contribution in [2.24, 2.45) is 0 Å². The van der Waals surface area contributed by atoms with Gasteiger partial charge in [0.1, 0.15) is 0 Å². The standard InChI is InChI=1S/C24H20N2O/c1-2-17-22(25-15-16-9-4-3-5-10-16)20-13-8-12-19-18-11-6-7-14-21(18)26(23(19)20)24(17)27/h3-14,25H,2,15H2,1H3. The second-order valence-electron chi connectivity index (χ2n) is 6.91. The number of hydrogen-bond acceptors (Lipinski definition) is 2. The highest BCUT2D eigenvalue weighted by Crippen LogP contribution is 2.35. The third-order valence-corrected chi connectivity index (χ3v) is 5.39. The Labute approximate surface area is 157 Å². The zero-order valence-electron chi connectivity index (χ0n) is 15.2. The Morgan fingerprint density at radius 1 is 0.815 bits per heavy atom. The molecule has 0 aliphatic carbocycles. The van der Waals surface area contributed by atoms with Crippen molar-refractivity contribution in [3.8, 4) is 0 Å². The van der Waals surface area contributed by atoms with Crippen molar-refractivity contribution in [2.75, 3.05) is 5.32 Å². The molecule has 0 saturated carbocycles. The summed E-state index contributed by atoms with van der Waals surface area (Å²) in [7, 11) is 0. The minimum absolute atomic E-state index is 0.0814. The first-order valence-electron chi connectivity index (χ1n) is 9.37. The topological polar surface area (TPSA) is 33.5 Å². The number of rotatable bonds is 4. The Morgan fingerprint density at radius 2 is 1.52 bits per heavy atom. The summed E-state index contributed by atoms with van der Waals surface area (Å²) < 4.78 is 1.90. The largest absolute Gasteiger partial charge is 0.380 e. The summed E-state index contributed by atoms with van der Waals surface area (Å²) in [6.07, 6.45) is 0.693. The molecule has 0 amide bonds. The first kappa shape index (κ1) is 15.9. The normalized spacial score (nSPS) is 11.6. The van der Waals surface area contributed by atoms with E-state index in [9.17, 15) is 4.79 Å². The predicted molar refractivity (Wildman–Crippen MR) is 113 cm³/mol. The molecule has 3 nitrogen and oxygen atoms in total. The van der Waals surface area contributed by atoms with Gasteiger partial charge in [-0.15, -0.1) is 0 Å². The van der Waals surface area contributed by atoms with E-state index in [4.69, 9.17) is 0 Å². The zero-order valence-corrected chi connectivity index (χ0v) is 15.2. The minimum atomic E-state index is 0.0814. The van der Waals surface area contributed by atoms with E-state index in [1.54, 1.807) is 0 Å². The summed E-state index contributed by atoms with van der Waals surface area (Å²) in [4.78, 5) is 13.4. The first-order chi connectivity index (χ1) is 13.3. The molecular formula is C24H20N2O. The summed E-state index contributed by atoms with van der Waals surface area (Å²) in [5, 5.41) is 6.92. The van der Waals surface area contributed by atoms with Crippen LogP contribution >= 0.6 is 0 Å². The lowest BCUT2D eigenvalue weighted by molar-refractivity contribution is 1.03. The number of benzene rings is 3. The number of anilines is 1. The number of pyridine rings is 1. The summed E-state index contributed by atoms with van der Waals surface area (Å²) in [5.41, 5.74) is 5.08. The first-order valence-corrected chi connectivity index (χ1v) is 9.37. The van der Waals surface area contributed by atoms with Crippen LogP contribution in [0.3, 0.4) is 0 Å². The van der Waals surface area contributed by atoms with Crippen molar-refractivity contribution >= 4 is 32.9 Å². The van der Waals surface area contributed by atoms with Gasteiger partial charge in [0.25, 0.3) is 5.56 Å². The molecule has 2 aromatic heterocycles. The van der Waals surface area contributed by atoms with Crippen molar-refractivity contribution in [1.29, 1.82) is 0 Å². The number of aromatic nitrogens is 1. The van der Waals surface area contributed by atoms with Gasteiger partial charge in [0.15, 0.2) is 0 Å². The van der Waals surface area contributed by atoms with Crippen molar-refractivity contribution in [1.82, 2.24) is 4.40 Å². The fourth-order valence-corrected chi connectivity index (χ4v) is 4.15. The van der Waals surface area contributed by atoms with Crippen LogP contribution in [0, 0.1) is 0 Å². The van der Waals surface area contributed by atoms with Gasteiger partial charge in [-0.3, -0.25) is 9.20 Å². The average molecular weight is 352 g/mol. The molecule has 3 heteroatoms. The van der Waals surface area contributed by atoms with E-state index in [1.807, 2.05) is 47.7 Å². The third-order valence-electron chi connectivity index (χ3n) is 5.39. The summed E-state index contributed by atoms with van der Waals surface area (Å²) >= 11 is 0. The number of fused-ring (bicyclic) bond motifs is 3. The van der Waals surface area contributed by atoms with Gasteiger partial charge in [0, 0.05) is 28.3 Å². The number of para-hydroxylation sites is 2. The predicted octanol–water partition coefficient (Wildman–Crippen LogP) is 5.22. The highest BCUT2D eigenvalue weighted by Gasteiger charge is 2.19. The smallest absolute Gasteiger partial charge is 0.260 e. The van der Waals surface area contributed by atoms with Crippen LogP contribution in [0.25, 0.3) is 27.2 Å². The van der Waals surface area contributed by atoms with Crippen molar-refractivity contribution in [3.05, 3.63) is 94.3 Å². The summed E-state index contributed by atoms with van der Waals surface area (Å²) in [6, 6.07) is 24.8. The third kappa shape index (κ3) is 2.32. The van der Waals surface area contributed by atoms with Gasteiger partial charge in [0.05, 0.1) is 16.7 Å². The van der Waals surface area contributed by atoms with Crippen LogP contribution < -0.4 is 10.9 Å². The minimum Gasteiger partial charge on any atom is -0.380 e. The van der Waals surface area contributed by atoms with Gasteiger partial charge in [-0.1, -0.05) is 73.7 Å². The maximum Gasteiger partial charge on any atom is 0.260 e. The van der Waals surface area contributed by atoms with Crippen LogP contribution in [0.2, 0.25) is 0 Å². The Morgan fingerprint density at radius 3 is 2.33 bits per heavy atom. The molecule has 27 heavy (non-hydrogen) atoms. The zero-order chi connectivity index (χ0) is 18.4. The van der Waals surface area contributed by atoms with Gasteiger partial charge in [-0.25, -0.2) is 0 Å². The van der Waals surface area contributed by atoms with Crippen molar-refractivity contribution in [2.45, 2.75) is 19.9 Å². The monoisotopic (exact) mass is 352 g/mol. The van der Waals surface area contributed by atoms with Crippen LogP contribution in [0.4, 0.5) is 5.69 Å². The molecule has 0 unspecified atom stereocenters. The molecule has 0 saturated heterocycles. The van der Waals surface area contributed by atoms with Gasteiger partial charge in [-0.05, 0) is 18.1 Å². The van der Waals surface area contributed by atoms with Crippen LogP contribution in [0.1, 0.15) is 18.1 Å². The molecule has 132 valence electrons. The molecule has 2 heterocycles. The van der Waals surface area contributed by atoms with Crippen LogP contribution in [0.15, 0.2) is 77.6 Å². The maximum atomic E-state index is 13.4. The molecule has 3 aromatic carbocycles. The van der Waals surface area contributed by atoms with Crippen molar-refractivity contribution in [3.63, 3.8) is 0 Å². The van der Waals surface area contributed by atoms with E-state index in [0.29, 0.717) is 13.0 Å². The van der Waals surface area contributed by atoms with E-state index >= 15 is 0 Å². The van der Waals surface area contributed by atoms with Crippen LogP contribution in [-0.4, -0.2) is 4.40 Å². The molecule has 5 aromatic rings. The number of nitrogens with zero attached hydrogens (tertiary/aromatic N) is 1. The van der Waals surface area contributed by atoms with Crippen molar-refractivity contribution < 1.29 is 0 Å². The molecule has 0 spiro atoms. The highest BCUT2D eigenvalue weighted by atomic mass is 16.1. The number of hydrogen-bond donors (Lipinski definition) is 1. The lowest BCUT2D eigenvalue weighted by Crippen LogP contribution is -2.20. The molecule has 0 fully saturated rings. The Balaban J connectivity index is 1.82. The summed E-state index contributed by atoms with van der Waals surface area (Å²) in [5.74, 6) is 0. The Hall–Kier alpha value is -3.33. The van der Waals surface area contributed by atoms with Gasteiger partial charge in [0.2, 0.25) is 0 Å². The second-order valence-corrected chi connectivity index (χ2v) is 6.91. The van der Waals surface area contributed by atoms with Gasteiger partial charge < -0.3 is 5.32 Å². The van der Waals surface area contributed by atoms with E-state index in [1.165, 1.54) is 5.56 Å². The highest BCUT2D eigenvalue weighted by molar-refractivity contribution is 6.16. The van der Waals surface area contributed by atoms with E-state index < -0.39 is 0 Å². The summed E-state index contributed by atoms with van der Waals surface area (Å²) in [6.45, 7) is 2.75. The van der Waals surface area contributed by atoms with E-state index in [0.717, 1.165) is 38.4 Å². The van der Waals surface area contributed by atoms with Gasteiger partial charge in [-0.2, -0.15) is 0 Å². The lowest BCUT2D eigenvalue weighted by Gasteiger charge is -2.15. The number of nitrogens with one attached hydrogen (secondary N) is 1. The average Bonchev–Trinajstić information content (AvgIpc) is 3.06. The lowest BCUT2D eigenvalue weighted by atomic mass is 10.0. The SMILES string of the molecule is CCc1c(NCc2ccccc2)c2cccc3c4ccccc4n(c1=O)c23. The Bertz CT molecular complexity index is 1320. The molecule has 1 N–H and O–H groups in total. The fraction of sp³-hybridized carbons (Fsp3) is 0.125. The van der Waals surface area contributed by atoms with E-state index in [-0.39, 0.29) is 5.56 Å². The maximum absolute atomic E-state index is 13.4. The molecule has 0 radical (unpaired) electrons. The quantitative estimate of drug-likeness (QED) is 0.481. The second kappa shape index (κ2) is 6.13. The fourth-order valence-electron chi connectivity index (χ4n) is 4.15. The van der Waals surface area contributed by atoms with Crippen LogP contribution in [0.5, 0.6) is 0 Å². The molecular weight excluding hydrogens is 332 g/mol. The Kier molecular flexibility index (Phi) is 3.61. The van der Waals surface area contributed by atoms with Crippen LogP contribution in [-0.2, 0) is 13.0 Å². The molecule has 0 atom stereocenters. The molecule has 0 bridgehead atoms. The molecule has 5 rings (SSSR count). The van der Waals surface area contributed by atoms with E-state index in [2.05, 4.69) is 41.7 Å².